The molecule has 1 heterocycles. The summed E-state index contributed by atoms with van der Waals surface area (Å²) in [7, 11) is 2.20. The van der Waals surface area contributed by atoms with Gasteiger partial charge in [0, 0.05) is 12.6 Å². The maximum absolute atomic E-state index is 3.65. The number of hydrogen-bond donors (Lipinski definition) is 1. The van der Waals surface area contributed by atoms with E-state index in [9.17, 15) is 0 Å². The van der Waals surface area contributed by atoms with Crippen molar-refractivity contribution in [3.05, 3.63) is 72.3 Å². The van der Waals surface area contributed by atoms with Gasteiger partial charge in [0.1, 0.15) is 0 Å². The molecule has 2 atom stereocenters. The van der Waals surface area contributed by atoms with Crippen molar-refractivity contribution >= 4 is 10.8 Å². The third-order valence-electron chi connectivity index (χ3n) is 5.02. The largest absolute Gasteiger partial charge is 0.296 e. The topological polar surface area (TPSA) is 15.3 Å². The zero-order chi connectivity index (χ0) is 15.8. The molecule has 0 saturated carbocycles. The van der Waals surface area contributed by atoms with Crippen molar-refractivity contribution in [2.24, 2.45) is 0 Å². The molecule has 2 heteroatoms. The van der Waals surface area contributed by atoms with E-state index < -0.39 is 0 Å². The van der Waals surface area contributed by atoms with E-state index in [0.717, 1.165) is 6.54 Å². The van der Waals surface area contributed by atoms with E-state index in [1.54, 1.807) is 0 Å². The van der Waals surface area contributed by atoms with Crippen LogP contribution in [0.25, 0.3) is 21.9 Å². The first-order valence-electron chi connectivity index (χ1n) is 8.27. The summed E-state index contributed by atoms with van der Waals surface area (Å²) in [6.07, 6.45) is 0.285. The molecule has 2 nitrogen and oxygen atoms in total. The molecule has 23 heavy (non-hydrogen) atoms. The highest BCUT2D eigenvalue weighted by Crippen LogP contribution is 2.33. The summed E-state index contributed by atoms with van der Waals surface area (Å²) in [4.78, 5) is 2.42. The number of rotatable bonds is 2. The van der Waals surface area contributed by atoms with Crippen molar-refractivity contribution < 1.29 is 0 Å². The molecule has 0 bridgehead atoms. The molecule has 3 aromatic rings. The lowest BCUT2D eigenvalue weighted by Gasteiger charge is -2.25. The van der Waals surface area contributed by atoms with Crippen LogP contribution in [-0.4, -0.2) is 24.5 Å². The number of nitrogens with zero attached hydrogens (tertiary/aromatic N) is 1. The van der Waals surface area contributed by atoms with Crippen LogP contribution in [0.2, 0.25) is 0 Å². The van der Waals surface area contributed by atoms with Gasteiger partial charge in [-0.15, -0.1) is 0 Å². The van der Waals surface area contributed by atoms with Crippen molar-refractivity contribution in [1.29, 1.82) is 0 Å². The van der Waals surface area contributed by atoms with Gasteiger partial charge in [0.05, 0.1) is 6.17 Å². The lowest BCUT2D eigenvalue weighted by molar-refractivity contribution is 0.250. The summed E-state index contributed by atoms with van der Waals surface area (Å²) in [6.45, 7) is 3.30. The maximum atomic E-state index is 3.65. The van der Waals surface area contributed by atoms with Gasteiger partial charge in [-0.3, -0.25) is 10.2 Å². The Kier molecular flexibility index (Phi) is 3.64. The minimum atomic E-state index is 0.285. The summed E-state index contributed by atoms with van der Waals surface area (Å²) in [5.41, 5.74) is 3.96. The minimum Gasteiger partial charge on any atom is -0.296 e. The van der Waals surface area contributed by atoms with Crippen LogP contribution in [0.1, 0.15) is 18.7 Å². The van der Waals surface area contributed by atoms with Crippen LogP contribution in [0.3, 0.4) is 0 Å². The molecule has 2 unspecified atom stereocenters. The molecule has 0 aromatic heterocycles. The Morgan fingerprint density at radius 1 is 0.913 bits per heavy atom. The molecule has 1 aliphatic rings. The molecule has 116 valence electrons. The lowest BCUT2D eigenvalue weighted by Crippen LogP contribution is -2.27. The summed E-state index contributed by atoms with van der Waals surface area (Å²) >= 11 is 0. The second-order valence-corrected chi connectivity index (χ2v) is 6.47. The monoisotopic (exact) mass is 302 g/mol. The van der Waals surface area contributed by atoms with Gasteiger partial charge >= 0.3 is 0 Å². The van der Waals surface area contributed by atoms with E-state index in [0.29, 0.717) is 6.04 Å². The highest BCUT2D eigenvalue weighted by Gasteiger charge is 2.29. The predicted molar refractivity (Wildman–Crippen MR) is 97.4 cm³/mol. The lowest BCUT2D eigenvalue weighted by atomic mass is 9.95. The minimum absolute atomic E-state index is 0.285. The standard InChI is InChI=1S/C21H22N2/c1-15-14-22-21(23(15)2)20-10-6-5-9-19(20)18-12-11-16-7-3-4-8-17(16)13-18/h3-13,15,21-22H,14H2,1-2H3. The van der Waals surface area contributed by atoms with Crippen LogP contribution in [0.4, 0.5) is 0 Å². The van der Waals surface area contributed by atoms with Crippen molar-refractivity contribution in [3.8, 4) is 11.1 Å². The first kappa shape index (κ1) is 14.4. The zero-order valence-electron chi connectivity index (χ0n) is 13.7. The molecule has 1 fully saturated rings. The van der Waals surface area contributed by atoms with Crippen LogP contribution >= 0.6 is 0 Å². The summed E-state index contributed by atoms with van der Waals surface area (Å²) in [6, 6.07) is 24.6. The van der Waals surface area contributed by atoms with Gasteiger partial charge in [0.2, 0.25) is 0 Å². The van der Waals surface area contributed by atoms with Gasteiger partial charge in [-0.25, -0.2) is 0 Å². The van der Waals surface area contributed by atoms with E-state index in [2.05, 4.69) is 90.9 Å². The Labute approximate surface area is 137 Å². The van der Waals surface area contributed by atoms with E-state index >= 15 is 0 Å². The molecular formula is C21H22N2. The van der Waals surface area contributed by atoms with E-state index in [1.165, 1.54) is 27.5 Å². The number of fused-ring (bicyclic) bond motifs is 1. The number of hydrogen-bond acceptors (Lipinski definition) is 2. The number of benzene rings is 3. The molecule has 3 aromatic carbocycles. The highest BCUT2D eigenvalue weighted by atomic mass is 15.3. The van der Waals surface area contributed by atoms with E-state index in [-0.39, 0.29) is 6.17 Å². The van der Waals surface area contributed by atoms with Gasteiger partial charge in [-0.1, -0.05) is 60.7 Å². The second-order valence-electron chi connectivity index (χ2n) is 6.47. The summed E-state index contributed by atoms with van der Waals surface area (Å²) in [5.74, 6) is 0. The molecule has 1 N–H and O–H groups in total. The van der Waals surface area contributed by atoms with Crippen LogP contribution < -0.4 is 5.32 Å². The zero-order valence-corrected chi connectivity index (χ0v) is 13.7. The van der Waals surface area contributed by atoms with Gasteiger partial charge in [0.25, 0.3) is 0 Å². The van der Waals surface area contributed by atoms with Crippen molar-refractivity contribution in [2.45, 2.75) is 19.1 Å². The molecule has 1 saturated heterocycles. The Balaban J connectivity index is 1.82. The first-order chi connectivity index (χ1) is 11.2. The van der Waals surface area contributed by atoms with Gasteiger partial charge in [-0.2, -0.15) is 0 Å². The average molecular weight is 302 g/mol. The Morgan fingerprint density at radius 3 is 2.43 bits per heavy atom. The third kappa shape index (κ3) is 2.54. The quantitative estimate of drug-likeness (QED) is 0.753. The molecule has 0 aliphatic carbocycles. The predicted octanol–water partition coefficient (Wildman–Crippen LogP) is 4.43. The van der Waals surface area contributed by atoms with Gasteiger partial charge in [0.15, 0.2) is 0 Å². The smallest absolute Gasteiger partial charge is 0.0867 e. The van der Waals surface area contributed by atoms with Crippen LogP contribution in [-0.2, 0) is 0 Å². The molecular weight excluding hydrogens is 280 g/mol. The fourth-order valence-corrected chi connectivity index (χ4v) is 3.51. The second kappa shape index (κ2) is 5.80. The molecule has 4 rings (SSSR count). The number of nitrogens with one attached hydrogen (secondary N) is 1. The molecule has 0 spiro atoms. The van der Waals surface area contributed by atoms with Crippen LogP contribution in [0.15, 0.2) is 66.7 Å². The fraction of sp³-hybridized carbons (Fsp3) is 0.238. The fourth-order valence-electron chi connectivity index (χ4n) is 3.51. The Bertz CT molecular complexity index is 840. The third-order valence-corrected chi connectivity index (χ3v) is 5.02. The normalized spacial score (nSPS) is 21.8. The van der Waals surface area contributed by atoms with Crippen LogP contribution in [0.5, 0.6) is 0 Å². The highest BCUT2D eigenvalue weighted by molar-refractivity contribution is 5.87. The Morgan fingerprint density at radius 2 is 1.65 bits per heavy atom. The molecule has 1 aliphatic heterocycles. The van der Waals surface area contributed by atoms with Gasteiger partial charge in [-0.05, 0) is 47.5 Å². The molecule has 0 amide bonds. The van der Waals surface area contributed by atoms with Gasteiger partial charge < -0.3 is 0 Å². The average Bonchev–Trinajstić information content (AvgIpc) is 2.93. The maximum Gasteiger partial charge on any atom is 0.0867 e. The summed E-state index contributed by atoms with van der Waals surface area (Å²) in [5, 5.41) is 6.23. The van der Waals surface area contributed by atoms with E-state index in [4.69, 9.17) is 0 Å². The first-order valence-corrected chi connectivity index (χ1v) is 8.27. The Hall–Kier alpha value is -2.16. The van der Waals surface area contributed by atoms with E-state index in [1.807, 2.05) is 0 Å². The number of likely N-dealkylation sites (N-methyl/N-ethyl adjacent to an activating group) is 1. The van der Waals surface area contributed by atoms with Crippen LogP contribution in [0, 0.1) is 0 Å². The molecule has 0 radical (unpaired) electrons. The van der Waals surface area contributed by atoms with Crippen molar-refractivity contribution in [3.63, 3.8) is 0 Å². The van der Waals surface area contributed by atoms with Crippen molar-refractivity contribution in [1.82, 2.24) is 10.2 Å². The SMILES string of the molecule is CC1CNC(c2ccccc2-c2ccc3ccccc3c2)N1C. The summed E-state index contributed by atoms with van der Waals surface area (Å²) < 4.78 is 0. The van der Waals surface area contributed by atoms with Crippen molar-refractivity contribution in [2.75, 3.05) is 13.6 Å².